The van der Waals surface area contributed by atoms with Gasteiger partial charge >= 0.3 is 12.2 Å². The predicted octanol–water partition coefficient (Wildman–Crippen LogP) is 5.66. The first-order valence-corrected chi connectivity index (χ1v) is 20.5. The number of aliphatic hydroxyl groups is 1. The SMILES string of the molecule is CC(C)(C)OC(=O)n1ccc(=O)[nH]1.CC(C)(C)OC(=O)n1ccc(OCC[Si](C)(C)C)n1.C[Si](C)(C)CCO. The Bertz CT molecular complexity index is 1070. The summed E-state index contributed by atoms with van der Waals surface area (Å²) in [5, 5.41) is 14.8. The normalized spacial score (nSPS) is 11.9. The van der Waals surface area contributed by atoms with Crippen molar-refractivity contribution in [2.24, 2.45) is 0 Å². The number of H-pyrrole nitrogens is 1. The molecule has 0 atom stereocenters. The molecular formula is C26H50N4O7Si2. The van der Waals surface area contributed by atoms with Gasteiger partial charge in [-0.1, -0.05) is 39.3 Å². The maximum absolute atomic E-state index is 11.7. The molecule has 0 aromatic carbocycles. The zero-order chi connectivity index (χ0) is 30.7. The molecule has 0 unspecified atom stereocenters. The maximum atomic E-state index is 11.7. The van der Waals surface area contributed by atoms with Crippen molar-refractivity contribution in [3.05, 3.63) is 34.9 Å². The van der Waals surface area contributed by atoms with Crippen LogP contribution in [0.4, 0.5) is 9.59 Å². The summed E-state index contributed by atoms with van der Waals surface area (Å²) in [6.07, 6.45) is 1.80. The number of aliphatic hydroxyl groups excluding tert-OH is 1. The smallest absolute Gasteiger partial charge is 0.435 e. The van der Waals surface area contributed by atoms with Crippen LogP contribution in [-0.2, 0) is 9.47 Å². The lowest BCUT2D eigenvalue weighted by Gasteiger charge is -2.18. The highest BCUT2D eigenvalue weighted by atomic mass is 28.3. The van der Waals surface area contributed by atoms with Crippen molar-refractivity contribution in [2.45, 2.75) is 104 Å². The number of hydrogen-bond acceptors (Lipinski definition) is 8. The van der Waals surface area contributed by atoms with Gasteiger partial charge in [0.15, 0.2) is 0 Å². The summed E-state index contributed by atoms with van der Waals surface area (Å²) in [6, 6.07) is 5.03. The van der Waals surface area contributed by atoms with Gasteiger partial charge in [0.25, 0.3) is 5.56 Å². The molecule has 0 amide bonds. The van der Waals surface area contributed by atoms with Gasteiger partial charge in [-0.3, -0.25) is 9.89 Å². The molecule has 2 heterocycles. The van der Waals surface area contributed by atoms with E-state index in [1.807, 2.05) is 20.8 Å². The molecule has 0 aliphatic rings. The van der Waals surface area contributed by atoms with E-state index < -0.39 is 39.5 Å². The van der Waals surface area contributed by atoms with Crippen molar-refractivity contribution in [1.29, 1.82) is 0 Å². The topological polar surface area (TPSA) is 138 Å². The fourth-order valence-electron chi connectivity index (χ4n) is 2.34. The third kappa shape index (κ3) is 20.0. The van der Waals surface area contributed by atoms with Crippen LogP contribution in [0.15, 0.2) is 29.3 Å². The number of nitrogens with one attached hydrogen (secondary N) is 1. The van der Waals surface area contributed by atoms with Gasteiger partial charge in [-0.05, 0) is 53.6 Å². The van der Waals surface area contributed by atoms with Crippen molar-refractivity contribution < 1.29 is 28.9 Å². The third-order valence-corrected chi connectivity index (χ3v) is 7.73. The molecule has 2 aromatic rings. The largest absolute Gasteiger partial charge is 0.477 e. The molecule has 0 spiro atoms. The minimum atomic E-state index is -1.11. The minimum Gasteiger partial charge on any atom is -0.477 e. The highest BCUT2D eigenvalue weighted by molar-refractivity contribution is 6.76. The van der Waals surface area contributed by atoms with Crippen LogP contribution in [-0.4, -0.2) is 77.4 Å². The highest BCUT2D eigenvalue weighted by Crippen LogP contribution is 2.13. The summed E-state index contributed by atoms with van der Waals surface area (Å²) in [6.45, 7) is 25.4. The number of rotatable bonds is 6. The molecule has 2 aromatic heterocycles. The first-order valence-electron chi connectivity index (χ1n) is 13.0. The van der Waals surface area contributed by atoms with Crippen molar-refractivity contribution in [3.63, 3.8) is 0 Å². The molecule has 13 heteroatoms. The van der Waals surface area contributed by atoms with Crippen LogP contribution in [0.3, 0.4) is 0 Å². The monoisotopic (exact) mass is 586 g/mol. The molecule has 39 heavy (non-hydrogen) atoms. The first-order chi connectivity index (χ1) is 17.5. The molecule has 0 aliphatic heterocycles. The number of ether oxygens (including phenoxy) is 3. The highest BCUT2D eigenvalue weighted by Gasteiger charge is 2.19. The molecule has 0 radical (unpaired) electrons. The van der Waals surface area contributed by atoms with E-state index in [0.717, 1.165) is 21.5 Å². The number of hydrogen-bond donors (Lipinski definition) is 2. The minimum absolute atomic E-state index is 0.328. The van der Waals surface area contributed by atoms with Crippen molar-refractivity contribution in [3.8, 4) is 5.88 Å². The summed E-state index contributed by atoms with van der Waals surface area (Å²) in [5.41, 5.74) is -1.41. The fraction of sp³-hybridized carbons (Fsp3) is 0.692. The Labute approximate surface area is 234 Å². The Kier molecular flexibility index (Phi) is 14.2. The van der Waals surface area contributed by atoms with Crippen molar-refractivity contribution in [2.75, 3.05) is 13.2 Å². The second-order valence-corrected chi connectivity index (χ2v) is 24.7. The van der Waals surface area contributed by atoms with E-state index in [-0.39, 0.29) is 5.56 Å². The van der Waals surface area contributed by atoms with Gasteiger partial charge < -0.3 is 19.3 Å². The summed E-state index contributed by atoms with van der Waals surface area (Å²) in [7, 11) is -2.02. The lowest BCUT2D eigenvalue weighted by molar-refractivity contribution is 0.0502. The average Bonchev–Trinajstić information content (AvgIpc) is 3.34. The Hall–Kier alpha value is -2.65. The number of nitrogens with zero attached hydrogens (tertiary/aromatic N) is 3. The van der Waals surface area contributed by atoms with Crippen LogP contribution in [0.2, 0.25) is 51.4 Å². The van der Waals surface area contributed by atoms with Crippen molar-refractivity contribution >= 4 is 28.3 Å². The second-order valence-electron chi connectivity index (χ2n) is 13.4. The van der Waals surface area contributed by atoms with Gasteiger partial charge in [0, 0.05) is 47.3 Å². The third-order valence-electron chi connectivity index (χ3n) is 4.30. The number of carbonyl (C=O) groups is 2. The van der Waals surface area contributed by atoms with E-state index in [9.17, 15) is 14.4 Å². The van der Waals surface area contributed by atoms with Crippen LogP contribution >= 0.6 is 0 Å². The van der Waals surface area contributed by atoms with Crippen molar-refractivity contribution in [1.82, 2.24) is 19.6 Å². The number of aromatic amines is 1. The van der Waals surface area contributed by atoms with E-state index in [0.29, 0.717) is 19.1 Å². The Balaban J connectivity index is 0.000000622. The molecule has 0 fully saturated rings. The van der Waals surface area contributed by atoms with E-state index >= 15 is 0 Å². The Morgan fingerprint density at radius 2 is 1.38 bits per heavy atom. The molecule has 0 saturated heterocycles. The maximum Gasteiger partial charge on any atom is 0.435 e. The average molecular weight is 587 g/mol. The molecule has 224 valence electrons. The zero-order valence-electron chi connectivity index (χ0n) is 25.9. The first kappa shape index (κ1) is 36.4. The lowest BCUT2D eigenvalue weighted by atomic mass is 10.2. The van der Waals surface area contributed by atoms with Gasteiger partial charge in [-0.25, -0.2) is 9.59 Å². The predicted molar refractivity (Wildman–Crippen MR) is 159 cm³/mol. The van der Waals surface area contributed by atoms with E-state index in [1.54, 1.807) is 33.0 Å². The van der Waals surface area contributed by atoms with Crippen LogP contribution in [0.5, 0.6) is 5.88 Å². The van der Waals surface area contributed by atoms with E-state index in [1.165, 1.54) is 12.3 Å². The molecule has 11 nitrogen and oxygen atoms in total. The molecule has 0 saturated carbocycles. The van der Waals surface area contributed by atoms with Gasteiger partial charge in [0.05, 0.1) is 6.61 Å². The summed E-state index contributed by atoms with van der Waals surface area (Å²) >= 11 is 0. The van der Waals surface area contributed by atoms with E-state index in [2.05, 4.69) is 49.5 Å². The quantitative estimate of drug-likeness (QED) is 0.414. The van der Waals surface area contributed by atoms with Crippen LogP contribution in [0.25, 0.3) is 0 Å². The lowest BCUT2D eigenvalue weighted by Crippen LogP contribution is -2.28. The van der Waals surface area contributed by atoms with Gasteiger partial charge in [0.1, 0.15) is 11.2 Å². The second kappa shape index (κ2) is 15.2. The molecule has 2 N–H and O–H groups in total. The fourth-order valence-corrected chi connectivity index (χ4v) is 3.73. The molecular weight excluding hydrogens is 536 g/mol. The van der Waals surface area contributed by atoms with Crippen LogP contribution < -0.4 is 10.3 Å². The Morgan fingerprint density at radius 1 is 0.872 bits per heavy atom. The van der Waals surface area contributed by atoms with Gasteiger partial charge in [0.2, 0.25) is 5.88 Å². The van der Waals surface area contributed by atoms with Crippen LogP contribution in [0, 0.1) is 0 Å². The molecule has 2 rings (SSSR count). The standard InChI is InChI=1S/C13H24N2O3Si.C8H12N2O3.C5H14OSi/c1-13(2,3)18-12(16)15-8-7-11(14-15)17-9-10-19(4,5)6;1-8(2,3)13-7(12)10-5-4-6(11)9-10;1-7(2,3)5-4-6/h7-8H,9-10H2,1-6H3;4-5H,1-3H3,(H,9,11);6H,4-5H2,1-3H3. The molecule has 0 bridgehead atoms. The van der Waals surface area contributed by atoms with Gasteiger partial charge in [-0.2, -0.15) is 9.36 Å². The summed E-state index contributed by atoms with van der Waals surface area (Å²) in [5.74, 6) is 0.462. The number of aromatic nitrogens is 4. The van der Waals surface area contributed by atoms with E-state index in [4.69, 9.17) is 19.3 Å². The number of carbonyl (C=O) groups excluding carboxylic acids is 2. The van der Waals surface area contributed by atoms with Gasteiger partial charge in [-0.15, -0.1) is 5.10 Å². The Morgan fingerprint density at radius 3 is 1.77 bits per heavy atom. The summed E-state index contributed by atoms with van der Waals surface area (Å²) < 4.78 is 17.9. The molecule has 0 aliphatic carbocycles. The van der Waals surface area contributed by atoms with Crippen LogP contribution in [0.1, 0.15) is 41.5 Å². The zero-order valence-corrected chi connectivity index (χ0v) is 27.9. The summed E-state index contributed by atoms with van der Waals surface area (Å²) in [4.78, 5) is 33.7.